The van der Waals surface area contributed by atoms with Gasteiger partial charge in [-0.05, 0) is 54.1 Å². The Morgan fingerprint density at radius 2 is 1.69 bits per heavy atom. The van der Waals surface area contributed by atoms with Crippen LogP contribution in [0.25, 0.3) is 11.1 Å². The number of anilines is 4. The van der Waals surface area contributed by atoms with Crippen molar-refractivity contribution in [2.24, 2.45) is 0 Å². The molecule has 2 N–H and O–H groups in total. The van der Waals surface area contributed by atoms with Crippen molar-refractivity contribution in [2.45, 2.75) is 0 Å². The first-order valence-electron chi connectivity index (χ1n) is 8.51. The van der Waals surface area contributed by atoms with Crippen LogP contribution in [-0.2, 0) is 0 Å². The van der Waals surface area contributed by atoms with E-state index in [-0.39, 0.29) is 17.5 Å². The molecule has 0 bridgehead atoms. The molecule has 2 aromatic carbocycles. The maximum atomic E-state index is 14.5. The Labute approximate surface area is 164 Å². The molecule has 0 aliphatic heterocycles. The Bertz CT molecular complexity index is 1160. The van der Waals surface area contributed by atoms with Crippen LogP contribution >= 0.6 is 0 Å². The molecule has 6 nitrogen and oxygen atoms in total. The van der Waals surface area contributed by atoms with E-state index in [0.29, 0.717) is 22.4 Å². The first kappa shape index (κ1) is 18.1. The summed E-state index contributed by atoms with van der Waals surface area (Å²) in [6.45, 7) is 0. The van der Waals surface area contributed by atoms with Crippen molar-refractivity contribution < 1.29 is 13.2 Å². The summed E-state index contributed by atoms with van der Waals surface area (Å²) in [4.78, 5) is 8.30. The fourth-order valence-electron chi connectivity index (χ4n) is 2.66. The summed E-state index contributed by atoms with van der Waals surface area (Å²) < 4.78 is 33.9. The molecule has 2 heterocycles. The van der Waals surface area contributed by atoms with Crippen molar-refractivity contribution in [1.82, 2.24) is 9.97 Å². The quantitative estimate of drug-likeness (QED) is 0.477. The molecule has 0 unspecified atom stereocenters. The fraction of sp³-hybridized carbons (Fsp3) is 0. The molecule has 0 atom stereocenters. The van der Waals surface area contributed by atoms with Crippen molar-refractivity contribution in [2.75, 3.05) is 10.6 Å². The average molecular weight is 389 g/mol. The summed E-state index contributed by atoms with van der Waals surface area (Å²) in [6, 6.07) is 14.3. The Morgan fingerprint density at radius 1 is 0.931 bits per heavy atom. The molecule has 0 saturated carbocycles. The van der Waals surface area contributed by atoms with E-state index in [9.17, 15) is 8.78 Å². The van der Waals surface area contributed by atoms with Gasteiger partial charge in [0.05, 0.1) is 24.2 Å². The number of nitrogens with one attached hydrogen (secondary N) is 2. The second-order valence-corrected chi connectivity index (χ2v) is 6.03. The molecule has 142 valence electrons. The minimum Gasteiger partial charge on any atom is -0.472 e. The van der Waals surface area contributed by atoms with Gasteiger partial charge in [0.1, 0.15) is 23.1 Å². The van der Waals surface area contributed by atoms with Gasteiger partial charge in [-0.2, -0.15) is 10.2 Å². The van der Waals surface area contributed by atoms with Gasteiger partial charge in [0, 0.05) is 17.4 Å². The Kier molecular flexibility index (Phi) is 4.86. The molecule has 29 heavy (non-hydrogen) atoms. The molecule has 0 amide bonds. The van der Waals surface area contributed by atoms with Crippen LogP contribution in [0.3, 0.4) is 0 Å². The number of halogens is 2. The molecule has 2 aromatic heterocycles. The average Bonchev–Trinajstić information content (AvgIpc) is 3.26. The van der Waals surface area contributed by atoms with Gasteiger partial charge < -0.3 is 15.1 Å². The summed E-state index contributed by atoms with van der Waals surface area (Å²) in [5, 5.41) is 14.5. The van der Waals surface area contributed by atoms with Gasteiger partial charge in [0.15, 0.2) is 0 Å². The lowest BCUT2D eigenvalue weighted by Crippen LogP contribution is -2.03. The van der Waals surface area contributed by atoms with Gasteiger partial charge in [0.25, 0.3) is 0 Å². The van der Waals surface area contributed by atoms with E-state index in [1.165, 1.54) is 36.9 Å². The van der Waals surface area contributed by atoms with Gasteiger partial charge >= 0.3 is 0 Å². The summed E-state index contributed by atoms with van der Waals surface area (Å²) in [5.41, 5.74) is 1.82. The topological polar surface area (TPSA) is 86.8 Å². The Morgan fingerprint density at radius 3 is 2.34 bits per heavy atom. The fourth-order valence-corrected chi connectivity index (χ4v) is 2.66. The Hall–Kier alpha value is -4.25. The minimum absolute atomic E-state index is 0.213. The molecule has 0 aliphatic rings. The first-order chi connectivity index (χ1) is 14.1. The van der Waals surface area contributed by atoms with Gasteiger partial charge in [-0.25, -0.2) is 13.8 Å². The largest absolute Gasteiger partial charge is 0.472 e. The molecule has 0 radical (unpaired) electrons. The molecule has 0 aliphatic carbocycles. The van der Waals surface area contributed by atoms with Crippen LogP contribution in [0.1, 0.15) is 5.56 Å². The van der Waals surface area contributed by atoms with Crippen LogP contribution in [0.5, 0.6) is 0 Å². The molecule has 8 heteroatoms. The lowest BCUT2D eigenvalue weighted by atomic mass is 10.1. The molecule has 0 fully saturated rings. The maximum absolute atomic E-state index is 14.5. The van der Waals surface area contributed by atoms with Gasteiger partial charge in [-0.15, -0.1) is 0 Å². The van der Waals surface area contributed by atoms with Crippen LogP contribution in [0.2, 0.25) is 0 Å². The SMILES string of the molecule is N#Cc1ccc(Nc2nccc(Nc3c(F)cc(-c4ccoc4)cc3F)n2)cc1. The molecule has 0 spiro atoms. The van der Waals surface area contributed by atoms with E-state index in [0.717, 1.165) is 0 Å². The van der Waals surface area contributed by atoms with E-state index in [1.807, 2.05) is 6.07 Å². The van der Waals surface area contributed by atoms with E-state index >= 15 is 0 Å². The van der Waals surface area contributed by atoms with Crippen LogP contribution in [0.4, 0.5) is 31.9 Å². The van der Waals surface area contributed by atoms with Crippen LogP contribution in [0, 0.1) is 23.0 Å². The molecule has 4 rings (SSSR count). The van der Waals surface area contributed by atoms with Crippen molar-refractivity contribution >= 4 is 23.1 Å². The van der Waals surface area contributed by atoms with Crippen molar-refractivity contribution in [1.29, 1.82) is 5.26 Å². The number of benzene rings is 2. The second kappa shape index (κ2) is 7.78. The summed E-state index contributed by atoms with van der Waals surface area (Å²) in [7, 11) is 0. The van der Waals surface area contributed by atoms with Crippen molar-refractivity contribution in [3.05, 3.63) is 84.5 Å². The maximum Gasteiger partial charge on any atom is 0.229 e. The minimum atomic E-state index is -0.763. The third-order valence-electron chi connectivity index (χ3n) is 4.08. The van der Waals surface area contributed by atoms with E-state index in [2.05, 4.69) is 20.6 Å². The number of furan rings is 1. The van der Waals surface area contributed by atoms with Crippen molar-refractivity contribution in [3.63, 3.8) is 0 Å². The number of hydrogen-bond donors (Lipinski definition) is 2. The standard InChI is InChI=1S/C21H13F2N5O/c22-17-9-15(14-6-8-29-12-14)10-18(23)20(17)27-19-5-7-25-21(28-19)26-16-3-1-13(11-24)2-4-16/h1-10,12H,(H2,25,26,27,28). The zero-order valence-corrected chi connectivity index (χ0v) is 14.9. The van der Waals surface area contributed by atoms with Crippen LogP contribution < -0.4 is 10.6 Å². The molecular formula is C21H13F2N5O. The van der Waals surface area contributed by atoms with Crippen LogP contribution in [0.15, 0.2) is 71.7 Å². The van der Waals surface area contributed by atoms with Crippen LogP contribution in [-0.4, -0.2) is 9.97 Å². The highest BCUT2D eigenvalue weighted by Crippen LogP contribution is 2.29. The van der Waals surface area contributed by atoms with E-state index < -0.39 is 11.6 Å². The predicted octanol–water partition coefficient (Wildman–Crippen LogP) is 5.37. The smallest absolute Gasteiger partial charge is 0.229 e. The summed E-state index contributed by atoms with van der Waals surface area (Å²) in [6.07, 6.45) is 4.30. The summed E-state index contributed by atoms with van der Waals surface area (Å²) >= 11 is 0. The molecular weight excluding hydrogens is 376 g/mol. The zero-order chi connectivity index (χ0) is 20.2. The predicted molar refractivity (Wildman–Crippen MR) is 104 cm³/mol. The highest BCUT2D eigenvalue weighted by Gasteiger charge is 2.14. The normalized spacial score (nSPS) is 10.4. The Balaban J connectivity index is 1.55. The van der Waals surface area contributed by atoms with Gasteiger partial charge in [0.2, 0.25) is 5.95 Å². The van der Waals surface area contributed by atoms with Gasteiger partial charge in [-0.1, -0.05) is 0 Å². The number of aromatic nitrogens is 2. The third-order valence-corrected chi connectivity index (χ3v) is 4.08. The lowest BCUT2D eigenvalue weighted by Gasteiger charge is -2.11. The second-order valence-electron chi connectivity index (χ2n) is 6.03. The first-order valence-corrected chi connectivity index (χ1v) is 8.51. The molecule has 0 saturated heterocycles. The molecule has 4 aromatic rings. The van der Waals surface area contributed by atoms with E-state index in [4.69, 9.17) is 9.68 Å². The van der Waals surface area contributed by atoms with Gasteiger partial charge in [-0.3, -0.25) is 0 Å². The lowest BCUT2D eigenvalue weighted by molar-refractivity contribution is 0.568. The highest BCUT2D eigenvalue weighted by molar-refractivity contribution is 5.68. The number of nitrogens with zero attached hydrogens (tertiary/aromatic N) is 3. The number of rotatable bonds is 5. The highest BCUT2D eigenvalue weighted by atomic mass is 19.1. The third kappa shape index (κ3) is 4.04. The number of hydrogen-bond acceptors (Lipinski definition) is 6. The zero-order valence-electron chi connectivity index (χ0n) is 14.9. The number of nitriles is 1. The van der Waals surface area contributed by atoms with E-state index in [1.54, 1.807) is 30.3 Å². The summed E-state index contributed by atoms with van der Waals surface area (Å²) in [5.74, 6) is -1.08. The van der Waals surface area contributed by atoms with Crippen molar-refractivity contribution in [3.8, 4) is 17.2 Å². The monoisotopic (exact) mass is 389 g/mol.